The average molecular weight is 880 g/mol. The molecule has 2 saturated carbocycles. The first kappa shape index (κ1) is 45.2. The minimum atomic E-state index is -0.929. The summed E-state index contributed by atoms with van der Waals surface area (Å²) in [6, 6.07) is 2.67. The molecule has 0 heterocycles. The number of esters is 2. The van der Waals surface area contributed by atoms with E-state index in [4.69, 9.17) is 19.3 Å². The monoisotopic (exact) mass is 879 g/mol. The number of nitrogens with one attached hydrogen (secondary N) is 1. The molecule has 14 nitrogen and oxygen atoms in total. The number of ether oxygens (including phenoxy) is 3. The molecule has 0 aliphatic heterocycles. The molecule has 6 N–H and O–H groups in total. The normalized spacial score (nSPS) is 21.1. The number of carbonyl (C=O) groups is 3. The van der Waals surface area contributed by atoms with E-state index < -0.39 is 30.3 Å². The molecule has 64 heavy (non-hydrogen) atoms. The number of methoxy groups -OCH3 is 1. The van der Waals surface area contributed by atoms with Crippen molar-refractivity contribution in [1.82, 2.24) is 0 Å². The number of aliphatic hydroxyl groups is 4. The summed E-state index contributed by atoms with van der Waals surface area (Å²) in [4.78, 5) is 68.3. The van der Waals surface area contributed by atoms with E-state index in [2.05, 4.69) is 5.32 Å². The van der Waals surface area contributed by atoms with Gasteiger partial charge in [0.1, 0.15) is 19.0 Å². The summed E-state index contributed by atoms with van der Waals surface area (Å²) in [6.07, 6.45) is 8.63. The van der Waals surface area contributed by atoms with Gasteiger partial charge in [-0.25, -0.2) is 0 Å². The molecule has 5 aromatic rings. The lowest BCUT2D eigenvalue weighted by molar-refractivity contribution is -0.151. The van der Waals surface area contributed by atoms with Gasteiger partial charge in [-0.1, -0.05) is 11.6 Å². The van der Waals surface area contributed by atoms with E-state index in [1.165, 1.54) is 26.2 Å². The number of aliphatic hydroxyl groups excluding tert-OH is 4. The van der Waals surface area contributed by atoms with Crippen LogP contribution in [0, 0.1) is 23.7 Å². The fraction of sp³-hybridized carbons (Fsp3) is 0.500. The molecular weight excluding hydrogens is 823 g/mol. The third-order valence-corrected chi connectivity index (χ3v) is 14.3. The fourth-order valence-corrected chi connectivity index (χ4v) is 11.4. The zero-order chi connectivity index (χ0) is 45.6. The van der Waals surface area contributed by atoms with Gasteiger partial charge < -0.3 is 45.1 Å². The summed E-state index contributed by atoms with van der Waals surface area (Å²) in [5.74, 6) is -2.42. The van der Waals surface area contributed by atoms with Crippen LogP contribution in [0.1, 0.15) is 105 Å². The standard InChI is InChI=1S/C50H57NO13/c1-24-18-33-32(13-8-26-4-9-28(10-5-26)49(60)63-16-14-52)46(51-21-27-6-11-29(12-7-27)50(61)64-17-15-53)40-34(57)19-30(22-54)37-38-31(23-55)20-35(58)41-43(38)44(39(33)42(37)40)45(36(24)25(2)56)48(62-3)47(41)59/h18-20,26-29,36,51-55,59H,4-17,21-23H2,1-3H3. The molecule has 5 aromatic carbocycles. The first-order valence-corrected chi connectivity index (χ1v) is 22.5. The quantitative estimate of drug-likeness (QED) is 0.0397. The summed E-state index contributed by atoms with van der Waals surface area (Å²) >= 11 is 0. The Balaban J connectivity index is 1.38. The van der Waals surface area contributed by atoms with Crippen LogP contribution in [0.2, 0.25) is 0 Å². The van der Waals surface area contributed by atoms with Crippen molar-refractivity contribution in [2.45, 2.75) is 97.2 Å². The smallest absolute Gasteiger partial charge is 0.309 e. The molecule has 3 aliphatic carbocycles. The number of rotatable bonds is 16. The fourth-order valence-electron chi connectivity index (χ4n) is 11.4. The van der Waals surface area contributed by atoms with E-state index in [1.807, 2.05) is 13.0 Å². The van der Waals surface area contributed by atoms with Crippen molar-refractivity contribution in [1.29, 1.82) is 0 Å². The topological polar surface area (TPSA) is 226 Å². The number of phenols is 1. The van der Waals surface area contributed by atoms with Gasteiger partial charge in [-0.15, -0.1) is 0 Å². The summed E-state index contributed by atoms with van der Waals surface area (Å²) in [5, 5.41) is 59.0. The number of allylic oxidation sites excluding steroid dienone is 1. The van der Waals surface area contributed by atoms with Crippen LogP contribution >= 0.6 is 0 Å². The SMILES string of the molecule is COc1c(O)c2c(=O)cc(CO)c3c4c(CO)cc(=O)c5c(NCC6CCC(C(=O)OCCO)CC6)c(CCC6CCC(C(=O)OCCO)CC6)c6c(c(c1C(C(C)=O)C(C)=C6)c23)c54. The second-order valence-electron chi connectivity index (χ2n) is 18.0. The van der Waals surface area contributed by atoms with Gasteiger partial charge in [0.05, 0.1) is 62.1 Å². The first-order chi connectivity index (χ1) is 30.9. The number of aromatic hydroxyl groups is 1. The molecule has 1 atom stereocenters. The van der Waals surface area contributed by atoms with Crippen LogP contribution in [-0.4, -0.2) is 83.3 Å². The highest BCUT2D eigenvalue weighted by molar-refractivity contribution is 6.39. The Hall–Kier alpha value is -5.41. The lowest BCUT2D eigenvalue weighted by Crippen LogP contribution is -2.27. The molecule has 14 heteroatoms. The number of hydrogen-bond acceptors (Lipinski definition) is 14. The number of carbonyl (C=O) groups excluding carboxylic acids is 3. The van der Waals surface area contributed by atoms with Gasteiger partial charge in [0.25, 0.3) is 0 Å². The Bertz CT molecular complexity index is 2780. The third-order valence-electron chi connectivity index (χ3n) is 14.3. The van der Waals surface area contributed by atoms with Crippen LogP contribution < -0.4 is 20.9 Å². The highest BCUT2D eigenvalue weighted by Crippen LogP contribution is 2.56. The Morgan fingerprint density at radius 1 is 0.703 bits per heavy atom. The number of hydrogen-bond donors (Lipinski definition) is 6. The van der Waals surface area contributed by atoms with Crippen LogP contribution in [0.5, 0.6) is 11.5 Å². The van der Waals surface area contributed by atoms with E-state index in [-0.39, 0.29) is 95.5 Å². The van der Waals surface area contributed by atoms with Gasteiger partial charge in [-0.05, 0) is 146 Å². The molecule has 0 saturated heterocycles. The van der Waals surface area contributed by atoms with Gasteiger partial charge in [0.2, 0.25) is 0 Å². The Labute approximate surface area is 369 Å². The number of ketones is 1. The van der Waals surface area contributed by atoms with Gasteiger partial charge >= 0.3 is 11.9 Å². The van der Waals surface area contributed by atoms with E-state index >= 15 is 0 Å². The molecule has 340 valence electrons. The maximum absolute atomic E-state index is 14.9. The summed E-state index contributed by atoms with van der Waals surface area (Å²) < 4.78 is 16.4. The van der Waals surface area contributed by atoms with Crippen molar-refractivity contribution in [3.63, 3.8) is 0 Å². The van der Waals surface area contributed by atoms with E-state index in [9.17, 15) is 44.4 Å². The zero-order valence-electron chi connectivity index (χ0n) is 36.6. The first-order valence-electron chi connectivity index (χ1n) is 22.5. The number of benzene rings is 5. The summed E-state index contributed by atoms with van der Waals surface area (Å²) in [6.45, 7) is 2.12. The van der Waals surface area contributed by atoms with Gasteiger partial charge in [0.15, 0.2) is 22.4 Å². The van der Waals surface area contributed by atoms with Gasteiger partial charge in [-0.2, -0.15) is 0 Å². The van der Waals surface area contributed by atoms with Gasteiger partial charge in [0, 0.05) is 28.6 Å². The average Bonchev–Trinajstić information content (AvgIpc) is 3.43. The van der Waals surface area contributed by atoms with E-state index in [0.717, 1.165) is 36.8 Å². The predicted octanol–water partition coefficient (Wildman–Crippen LogP) is 5.71. The molecule has 3 aliphatic rings. The van der Waals surface area contributed by atoms with Gasteiger partial charge in [-0.3, -0.25) is 24.0 Å². The minimum absolute atomic E-state index is 0.0331. The molecule has 0 radical (unpaired) electrons. The second-order valence-corrected chi connectivity index (χ2v) is 18.0. The number of Topliss-reactive ketones (excluding diaryl/α,β-unsaturated/α-hetero) is 1. The van der Waals surface area contributed by atoms with Crippen LogP contribution in [0.15, 0.2) is 27.3 Å². The molecule has 0 bridgehead atoms. The number of anilines is 1. The van der Waals surface area contributed by atoms with Crippen molar-refractivity contribution in [3.05, 3.63) is 66.0 Å². The number of phenolic OH excluding ortho intramolecular Hbond substituents is 1. The van der Waals surface area contributed by atoms with Crippen molar-refractivity contribution < 1.29 is 54.1 Å². The number of fused-ring (bicyclic) bond motifs is 1. The van der Waals surface area contributed by atoms with Crippen LogP contribution in [-0.2, 0) is 43.5 Å². The Morgan fingerprint density at radius 2 is 1.23 bits per heavy atom. The van der Waals surface area contributed by atoms with Crippen LogP contribution in [0.25, 0.3) is 49.2 Å². The summed E-state index contributed by atoms with van der Waals surface area (Å²) in [7, 11) is 1.37. The van der Waals surface area contributed by atoms with E-state index in [0.29, 0.717) is 99.6 Å². The maximum atomic E-state index is 14.9. The minimum Gasteiger partial charge on any atom is -0.504 e. The highest BCUT2D eigenvalue weighted by Gasteiger charge is 2.38. The second kappa shape index (κ2) is 18.6. The molecule has 8 rings (SSSR count). The third kappa shape index (κ3) is 7.71. The summed E-state index contributed by atoms with van der Waals surface area (Å²) in [5.41, 5.74) is 2.77. The molecule has 0 spiro atoms. The van der Waals surface area contributed by atoms with Crippen LogP contribution in [0.3, 0.4) is 0 Å². The zero-order valence-corrected chi connectivity index (χ0v) is 36.6. The largest absolute Gasteiger partial charge is 0.504 e. The van der Waals surface area contributed by atoms with Crippen molar-refractivity contribution in [2.75, 3.05) is 45.4 Å². The predicted molar refractivity (Wildman–Crippen MR) is 242 cm³/mol. The highest BCUT2D eigenvalue weighted by atomic mass is 16.5. The van der Waals surface area contributed by atoms with Crippen molar-refractivity contribution >= 4 is 72.6 Å². The maximum Gasteiger partial charge on any atom is 0.309 e. The van der Waals surface area contributed by atoms with E-state index in [1.54, 1.807) is 0 Å². The molecular formula is C50H57NO13. The molecule has 0 amide bonds. The molecule has 1 unspecified atom stereocenters. The van der Waals surface area contributed by atoms with Crippen molar-refractivity contribution in [3.8, 4) is 11.5 Å². The lowest BCUT2D eigenvalue weighted by Gasteiger charge is -2.30. The molecule has 0 aromatic heterocycles. The lowest BCUT2D eigenvalue weighted by atomic mass is 9.77. The Kier molecular flexibility index (Phi) is 13.1. The Morgan fingerprint density at radius 3 is 1.75 bits per heavy atom. The van der Waals surface area contributed by atoms with Crippen LogP contribution in [0.4, 0.5) is 5.69 Å². The van der Waals surface area contributed by atoms with Crippen molar-refractivity contribution in [2.24, 2.45) is 23.7 Å². The molecule has 2 fully saturated rings.